The monoisotopic (exact) mass is 449 g/mol. The number of halogens is 1. The van der Waals surface area contributed by atoms with Gasteiger partial charge in [-0.25, -0.2) is 0 Å². The summed E-state index contributed by atoms with van der Waals surface area (Å²) in [7, 11) is 1.91. The predicted octanol–water partition coefficient (Wildman–Crippen LogP) is 5.51. The number of ether oxygens (including phenoxy) is 2. The molecule has 1 heterocycles. The molecule has 0 bridgehead atoms. The average Bonchev–Trinajstić information content (AvgIpc) is 3.29. The molecule has 1 aliphatic heterocycles. The van der Waals surface area contributed by atoms with Gasteiger partial charge < -0.3 is 19.9 Å². The minimum absolute atomic E-state index is 0.245. The van der Waals surface area contributed by atoms with Crippen LogP contribution in [0.5, 0.6) is 17.2 Å². The van der Waals surface area contributed by atoms with Crippen molar-refractivity contribution < 1.29 is 14.6 Å². The number of phenolic OH excluding ortho intramolecular Hbond substituents is 1. The van der Waals surface area contributed by atoms with E-state index in [0.717, 1.165) is 59.8 Å². The van der Waals surface area contributed by atoms with Gasteiger partial charge in [0.05, 0.1) is 6.61 Å². The molecule has 0 fully saturated rings. The summed E-state index contributed by atoms with van der Waals surface area (Å²) >= 11 is 6.28. The Morgan fingerprint density at radius 2 is 1.69 bits per heavy atom. The Bertz CT molecular complexity index is 1080. The number of allylic oxidation sites excluding steroid dienone is 1. The summed E-state index contributed by atoms with van der Waals surface area (Å²) in [6.07, 6.45) is 1.64. The quantitative estimate of drug-likeness (QED) is 0.257. The van der Waals surface area contributed by atoms with Crippen molar-refractivity contribution in [2.24, 2.45) is 0 Å². The SMILES string of the molecule is CNCCOc1ccc(/C(=C(/CCCl)c2ccc3c(c2)CCO3)c2ccc(O)cc2)cc1. The Kier molecular flexibility index (Phi) is 7.35. The van der Waals surface area contributed by atoms with E-state index in [1.54, 1.807) is 12.1 Å². The first-order valence-corrected chi connectivity index (χ1v) is 11.5. The fraction of sp³-hybridized carbons (Fsp3) is 0.259. The van der Waals surface area contributed by atoms with Gasteiger partial charge in [0.1, 0.15) is 23.9 Å². The second-order valence-corrected chi connectivity index (χ2v) is 8.11. The molecule has 0 atom stereocenters. The van der Waals surface area contributed by atoms with Crippen LogP contribution in [0.15, 0.2) is 66.7 Å². The number of alkyl halides is 1. The molecule has 0 unspecified atom stereocenters. The first-order valence-electron chi connectivity index (χ1n) is 10.9. The Morgan fingerprint density at radius 3 is 2.38 bits per heavy atom. The highest BCUT2D eigenvalue weighted by Gasteiger charge is 2.18. The Morgan fingerprint density at radius 1 is 1.00 bits per heavy atom. The molecule has 3 aromatic carbocycles. The topological polar surface area (TPSA) is 50.7 Å². The highest BCUT2D eigenvalue weighted by Crippen LogP contribution is 2.38. The van der Waals surface area contributed by atoms with Gasteiger partial charge in [0.25, 0.3) is 0 Å². The van der Waals surface area contributed by atoms with Crippen molar-refractivity contribution in [1.82, 2.24) is 5.32 Å². The molecule has 0 radical (unpaired) electrons. The van der Waals surface area contributed by atoms with Gasteiger partial charge in [-0.15, -0.1) is 11.6 Å². The van der Waals surface area contributed by atoms with E-state index in [1.165, 1.54) is 11.1 Å². The van der Waals surface area contributed by atoms with Crippen LogP contribution in [0.3, 0.4) is 0 Å². The normalized spacial score (nSPS) is 13.3. The molecule has 0 aromatic heterocycles. The van der Waals surface area contributed by atoms with Crippen molar-refractivity contribution in [3.8, 4) is 17.2 Å². The van der Waals surface area contributed by atoms with E-state index in [1.807, 2.05) is 31.3 Å². The first-order chi connectivity index (χ1) is 15.7. The summed E-state index contributed by atoms with van der Waals surface area (Å²) in [4.78, 5) is 0. The molecule has 32 heavy (non-hydrogen) atoms. The lowest BCUT2D eigenvalue weighted by Gasteiger charge is -2.18. The molecule has 2 N–H and O–H groups in total. The summed E-state index contributed by atoms with van der Waals surface area (Å²) < 4.78 is 11.5. The van der Waals surface area contributed by atoms with E-state index in [0.29, 0.717) is 12.5 Å². The van der Waals surface area contributed by atoms with E-state index in [2.05, 4.69) is 35.6 Å². The first kappa shape index (κ1) is 22.3. The summed E-state index contributed by atoms with van der Waals surface area (Å²) in [6.45, 7) is 2.14. The standard InChI is InChI=1S/C27H28ClNO3/c1-29-15-17-31-24-9-4-20(5-10-24)27(19-2-7-23(30)8-3-19)25(12-14-28)21-6-11-26-22(18-21)13-16-32-26/h2-11,18,29-30H,12-17H2,1H3/b27-25-. The van der Waals surface area contributed by atoms with Gasteiger partial charge in [-0.1, -0.05) is 30.3 Å². The zero-order chi connectivity index (χ0) is 22.3. The third-order valence-corrected chi connectivity index (χ3v) is 5.79. The fourth-order valence-corrected chi connectivity index (χ4v) is 4.20. The van der Waals surface area contributed by atoms with E-state index < -0.39 is 0 Å². The van der Waals surface area contributed by atoms with E-state index in [-0.39, 0.29) is 5.75 Å². The molecule has 0 spiro atoms. The molecule has 166 valence electrons. The number of hydrogen-bond acceptors (Lipinski definition) is 4. The number of likely N-dealkylation sites (N-methyl/N-ethyl adjacent to an activating group) is 1. The largest absolute Gasteiger partial charge is 0.508 e. The summed E-state index contributed by atoms with van der Waals surface area (Å²) in [5, 5.41) is 12.9. The lowest BCUT2D eigenvalue weighted by atomic mass is 9.87. The minimum Gasteiger partial charge on any atom is -0.508 e. The van der Waals surface area contributed by atoms with Crippen LogP contribution in [0.25, 0.3) is 11.1 Å². The zero-order valence-corrected chi connectivity index (χ0v) is 19.0. The van der Waals surface area contributed by atoms with E-state index in [9.17, 15) is 5.11 Å². The second kappa shape index (κ2) is 10.6. The molecule has 4 rings (SSSR count). The molecule has 3 aromatic rings. The number of rotatable bonds is 9. The van der Waals surface area contributed by atoms with Crippen LogP contribution in [0.1, 0.15) is 28.7 Å². The zero-order valence-electron chi connectivity index (χ0n) is 18.2. The van der Waals surface area contributed by atoms with Gasteiger partial charge in [0, 0.05) is 18.8 Å². The summed E-state index contributed by atoms with van der Waals surface area (Å²) in [5.74, 6) is 2.56. The molecular weight excluding hydrogens is 422 g/mol. The Hall–Kier alpha value is -2.95. The van der Waals surface area contributed by atoms with Crippen LogP contribution in [-0.2, 0) is 6.42 Å². The van der Waals surface area contributed by atoms with Crippen molar-refractivity contribution in [3.05, 3.63) is 89.0 Å². The Labute approximate surface area is 194 Å². The molecule has 1 aliphatic rings. The van der Waals surface area contributed by atoms with E-state index in [4.69, 9.17) is 21.1 Å². The number of hydrogen-bond donors (Lipinski definition) is 2. The third-order valence-electron chi connectivity index (χ3n) is 5.60. The third kappa shape index (κ3) is 5.09. The Balaban J connectivity index is 1.81. The number of phenols is 1. The van der Waals surface area contributed by atoms with Crippen LogP contribution in [0.4, 0.5) is 0 Å². The van der Waals surface area contributed by atoms with Gasteiger partial charge in [-0.2, -0.15) is 0 Å². The smallest absolute Gasteiger partial charge is 0.122 e. The summed E-state index contributed by atoms with van der Waals surface area (Å²) in [6, 6.07) is 21.9. The van der Waals surface area contributed by atoms with Crippen LogP contribution in [0, 0.1) is 0 Å². The van der Waals surface area contributed by atoms with Crippen LogP contribution in [0.2, 0.25) is 0 Å². The van der Waals surface area contributed by atoms with Gasteiger partial charge in [-0.3, -0.25) is 0 Å². The van der Waals surface area contributed by atoms with Crippen molar-refractivity contribution in [1.29, 1.82) is 0 Å². The molecule has 4 nitrogen and oxygen atoms in total. The maximum absolute atomic E-state index is 9.84. The number of nitrogens with one attached hydrogen (secondary N) is 1. The maximum atomic E-state index is 9.84. The van der Waals surface area contributed by atoms with Crippen LogP contribution < -0.4 is 14.8 Å². The van der Waals surface area contributed by atoms with E-state index >= 15 is 0 Å². The van der Waals surface area contributed by atoms with Crippen molar-refractivity contribution >= 4 is 22.7 Å². The minimum atomic E-state index is 0.245. The van der Waals surface area contributed by atoms with Crippen molar-refractivity contribution in [3.63, 3.8) is 0 Å². The van der Waals surface area contributed by atoms with Crippen molar-refractivity contribution in [2.45, 2.75) is 12.8 Å². The average molecular weight is 450 g/mol. The number of aromatic hydroxyl groups is 1. The number of fused-ring (bicyclic) bond motifs is 1. The molecule has 0 amide bonds. The lowest BCUT2D eigenvalue weighted by molar-refractivity contribution is 0.318. The highest BCUT2D eigenvalue weighted by molar-refractivity contribution is 6.18. The number of benzene rings is 3. The second-order valence-electron chi connectivity index (χ2n) is 7.74. The van der Waals surface area contributed by atoms with Gasteiger partial charge in [0.15, 0.2) is 0 Å². The summed E-state index contributed by atoms with van der Waals surface area (Å²) in [5.41, 5.74) is 6.76. The van der Waals surface area contributed by atoms with Crippen LogP contribution in [-0.4, -0.2) is 37.8 Å². The molecular formula is C27H28ClNO3. The highest BCUT2D eigenvalue weighted by atomic mass is 35.5. The van der Waals surface area contributed by atoms with Crippen molar-refractivity contribution in [2.75, 3.05) is 32.7 Å². The lowest BCUT2D eigenvalue weighted by Crippen LogP contribution is -2.15. The van der Waals surface area contributed by atoms with Crippen LogP contribution >= 0.6 is 11.6 Å². The molecule has 0 aliphatic carbocycles. The van der Waals surface area contributed by atoms with Gasteiger partial charge >= 0.3 is 0 Å². The van der Waals surface area contributed by atoms with Gasteiger partial charge in [0.2, 0.25) is 0 Å². The molecule has 0 saturated carbocycles. The maximum Gasteiger partial charge on any atom is 0.122 e. The van der Waals surface area contributed by atoms with Gasteiger partial charge in [-0.05, 0) is 83.3 Å². The predicted molar refractivity (Wildman–Crippen MR) is 131 cm³/mol. The fourth-order valence-electron chi connectivity index (χ4n) is 4.01. The molecule has 5 heteroatoms. The molecule has 0 saturated heterocycles.